The van der Waals surface area contributed by atoms with E-state index in [-0.39, 0.29) is 11.8 Å². The summed E-state index contributed by atoms with van der Waals surface area (Å²) < 4.78 is 0. The number of hydrogen-bond donors (Lipinski definition) is 1. The molecule has 2 nitrogen and oxygen atoms in total. The predicted molar refractivity (Wildman–Crippen MR) is 83.6 cm³/mol. The summed E-state index contributed by atoms with van der Waals surface area (Å²) in [6.07, 6.45) is 2.21. The number of nitrogens with one attached hydrogen (secondary N) is 1. The average Bonchev–Trinajstić information content (AvgIpc) is 2.64. The maximum Gasteiger partial charge on any atom is 0.218 e. The molecule has 0 radical (unpaired) electrons. The largest absolute Gasteiger partial charge is 0.385 e. The molecule has 1 N–H and O–H groups in total. The molecule has 1 aromatic carbocycles. The van der Waals surface area contributed by atoms with Crippen molar-refractivity contribution in [1.29, 1.82) is 0 Å². The van der Waals surface area contributed by atoms with Crippen LogP contribution >= 0.6 is 0 Å². The fourth-order valence-electron chi connectivity index (χ4n) is 3.02. The van der Waals surface area contributed by atoms with Gasteiger partial charge in [0.1, 0.15) is 8.96 Å². The lowest BCUT2D eigenvalue weighted by atomic mass is 9.73. The van der Waals surface area contributed by atoms with Gasteiger partial charge in [-0.2, -0.15) is 0 Å². The third-order valence-corrected chi connectivity index (χ3v) is 4.71. The van der Waals surface area contributed by atoms with Gasteiger partial charge in [0, 0.05) is 5.92 Å². The van der Waals surface area contributed by atoms with Crippen LogP contribution in [-0.2, 0) is 4.79 Å². The molecular weight excluding hydrogens is 250 g/mol. The molecule has 1 aromatic rings. The van der Waals surface area contributed by atoms with Gasteiger partial charge >= 0.3 is 0 Å². The Morgan fingerprint density at radius 2 is 1.89 bits per heavy atom. The zero-order chi connectivity index (χ0) is 14.2. The van der Waals surface area contributed by atoms with Crippen LogP contribution < -0.4 is 4.98 Å². The second kappa shape index (κ2) is 4.97. The van der Waals surface area contributed by atoms with Crippen LogP contribution in [0.3, 0.4) is 0 Å². The first-order chi connectivity index (χ1) is 8.84. The fourth-order valence-corrected chi connectivity index (χ4v) is 3.91. The molecule has 0 aromatic heterocycles. The molecule has 0 fully saturated rings. The Morgan fingerprint density at radius 1 is 1.26 bits per heavy atom. The summed E-state index contributed by atoms with van der Waals surface area (Å²) in [5, 5.41) is 0. The van der Waals surface area contributed by atoms with Gasteiger partial charge in [0.25, 0.3) is 0 Å². The van der Waals surface area contributed by atoms with Gasteiger partial charge in [-0.15, -0.1) is 0 Å². The number of carbonyl (C=O) groups is 1. The predicted octanol–water partition coefficient (Wildman–Crippen LogP) is 3.31. The summed E-state index contributed by atoms with van der Waals surface area (Å²) in [6, 6.07) is 8.39. The van der Waals surface area contributed by atoms with E-state index in [4.69, 9.17) is 0 Å². The lowest BCUT2D eigenvalue weighted by molar-refractivity contribution is -0.128. The molecule has 0 heterocycles. The standard InChI is InChI=1S/C16H23NOSi/c1-11-10-12-8-6-7-9-13(12)14(11)16(2,3)15(18)17-19(4)5/h6-10,14,19H,1-5H3,(H,17,18). The van der Waals surface area contributed by atoms with Crippen LogP contribution in [0, 0.1) is 5.41 Å². The van der Waals surface area contributed by atoms with Crippen molar-refractivity contribution in [3.63, 3.8) is 0 Å². The van der Waals surface area contributed by atoms with Gasteiger partial charge in [-0.3, -0.25) is 4.79 Å². The summed E-state index contributed by atoms with van der Waals surface area (Å²) in [4.78, 5) is 15.7. The van der Waals surface area contributed by atoms with Crippen LogP contribution in [0.1, 0.15) is 37.8 Å². The van der Waals surface area contributed by atoms with Gasteiger partial charge < -0.3 is 4.98 Å². The smallest absolute Gasteiger partial charge is 0.218 e. The van der Waals surface area contributed by atoms with Crippen LogP contribution in [0.25, 0.3) is 6.08 Å². The van der Waals surface area contributed by atoms with E-state index >= 15 is 0 Å². The molecule has 102 valence electrons. The lowest BCUT2D eigenvalue weighted by Gasteiger charge is -2.33. The van der Waals surface area contributed by atoms with Crippen molar-refractivity contribution in [3.8, 4) is 0 Å². The highest BCUT2D eigenvalue weighted by molar-refractivity contribution is 6.56. The Kier molecular flexibility index (Phi) is 3.68. The Hall–Kier alpha value is -1.35. The Labute approximate surface area is 117 Å². The second-order valence-corrected chi connectivity index (χ2v) is 8.90. The van der Waals surface area contributed by atoms with E-state index < -0.39 is 14.4 Å². The summed E-state index contributed by atoms with van der Waals surface area (Å²) in [5.41, 5.74) is 3.43. The zero-order valence-corrected chi connectivity index (χ0v) is 13.6. The number of benzene rings is 1. The van der Waals surface area contributed by atoms with Gasteiger partial charge in [0.05, 0.1) is 5.41 Å². The first kappa shape index (κ1) is 14.1. The fraction of sp³-hybridized carbons (Fsp3) is 0.438. The molecule has 2 rings (SSSR count). The van der Waals surface area contributed by atoms with Crippen LogP contribution in [-0.4, -0.2) is 14.9 Å². The molecule has 1 atom stereocenters. The minimum absolute atomic E-state index is 0.184. The normalized spacial score (nSPS) is 18.2. The third kappa shape index (κ3) is 2.52. The third-order valence-electron chi connectivity index (χ3n) is 3.87. The van der Waals surface area contributed by atoms with E-state index in [9.17, 15) is 4.79 Å². The van der Waals surface area contributed by atoms with Gasteiger partial charge in [0.2, 0.25) is 5.91 Å². The quantitative estimate of drug-likeness (QED) is 0.841. The lowest BCUT2D eigenvalue weighted by Crippen LogP contribution is -2.45. The van der Waals surface area contributed by atoms with Crippen molar-refractivity contribution >= 4 is 20.9 Å². The molecule has 1 unspecified atom stereocenters. The Bertz CT molecular complexity index is 531. The monoisotopic (exact) mass is 273 g/mol. The van der Waals surface area contributed by atoms with Crippen molar-refractivity contribution in [2.75, 3.05) is 0 Å². The number of carbonyl (C=O) groups excluding carboxylic acids is 1. The molecule has 0 spiro atoms. The molecule has 0 bridgehead atoms. The van der Waals surface area contributed by atoms with Gasteiger partial charge in [-0.25, -0.2) is 0 Å². The van der Waals surface area contributed by atoms with Crippen molar-refractivity contribution in [3.05, 3.63) is 41.0 Å². The van der Waals surface area contributed by atoms with E-state index in [1.54, 1.807) is 0 Å². The van der Waals surface area contributed by atoms with Gasteiger partial charge in [-0.1, -0.05) is 62.9 Å². The van der Waals surface area contributed by atoms with Crippen LogP contribution in [0.5, 0.6) is 0 Å². The van der Waals surface area contributed by atoms with E-state index in [1.807, 2.05) is 0 Å². The highest BCUT2D eigenvalue weighted by atomic mass is 28.3. The first-order valence-electron chi connectivity index (χ1n) is 6.92. The van der Waals surface area contributed by atoms with Crippen molar-refractivity contribution in [2.45, 2.75) is 39.8 Å². The molecule has 0 aliphatic heterocycles. The van der Waals surface area contributed by atoms with Gasteiger partial charge in [-0.05, 0) is 18.1 Å². The summed E-state index contributed by atoms with van der Waals surface area (Å²) in [6.45, 7) is 10.5. The van der Waals surface area contributed by atoms with E-state index in [0.29, 0.717) is 0 Å². The maximum atomic E-state index is 12.5. The minimum Gasteiger partial charge on any atom is -0.385 e. The summed E-state index contributed by atoms with van der Waals surface area (Å²) in [5.74, 6) is 0.375. The molecule has 1 aliphatic carbocycles. The van der Waals surface area contributed by atoms with E-state index in [2.05, 4.69) is 69.2 Å². The zero-order valence-electron chi connectivity index (χ0n) is 12.4. The molecule has 0 saturated heterocycles. The van der Waals surface area contributed by atoms with E-state index in [1.165, 1.54) is 16.7 Å². The molecule has 3 heteroatoms. The molecule has 0 saturated carbocycles. The van der Waals surface area contributed by atoms with Crippen LogP contribution in [0.15, 0.2) is 29.8 Å². The molecule has 1 aliphatic rings. The minimum atomic E-state index is -1.10. The number of fused-ring (bicyclic) bond motifs is 1. The van der Waals surface area contributed by atoms with Gasteiger partial charge in [0.15, 0.2) is 0 Å². The topological polar surface area (TPSA) is 29.1 Å². The van der Waals surface area contributed by atoms with Crippen LogP contribution in [0.2, 0.25) is 13.1 Å². The SMILES string of the molecule is CC1=Cc2ccccc2C1C(C)(C)C(=O)N[SiH](C)C. The molecule has 1 amide bonds. The number of hydrogen-bond acceptors (Lipinski definition) is 1. The summed E-state index contributed by atoms with van der Waals surface area (Å²) >= 11 is 0. The summed E-state index contributed by atoms with van der Waals surface area (Å²) in [7, 11) is -1.10. The molecular formula is C16H23NOSi. The Morgan fingerprint density at radius 3 is 2.53 bits per heavy atom. The molecule has 19 heavy (non-hydrogen) atoms. The van der Waals surface area contributed by atoms with Crippen molar-refractivity contribution in [1.82, 2.24) is 4.98 Å². The van der Waals surface area contributed by atoms with Crippen molar-refractivity contribution in [2.24, 2.45) is 5.41 Å². The van der Waals surface area contributed by atoms with E-state index in [0.717, 1.165) is 0 Å². The average molecular weight is 273 g/mol. The highest BCUT2D eigenvalue weighted by Gasteiger charge is 2.41. The second-order valence-electron chi connectivity index (χ2n) is 6.30. The number of rotatable bonds is 3. The number of amides is 1. The van der Waals surface area contributed by atoms with Crippen molar-refractivity contribution < 1.29 is 4.79 Å². The first-order valence-corrected chi connectivity index (χ1v) is 9.80. The Balaban J connectivity index is 2.36. The maximum absolute atomic E-state index is 12.5. The highest BCUT2D eigenvalue weighted by Crippen LogP contribution is 2.47. The van der Waals surface area contributed by atoms with Crippen LogP contribution in [0.4, 0.5) is 0 Å². The number of allylic oxidation sites excluding steroid dienone is 1.